The number of morpholine rings is 1. The van der Waals surface area contributed by atoms with Gasteiger partial charge in [-0.05, 0) is 38.2 Å². The highest BCUT2D eigenvalue weighted by molar-refractivity contribution is 5.80. The number of aliphatic imine (C=N–C) groups is 1. The van der Waals surface area contributed by atoms with Crippen molar-refractivity contribution in [1.82, 2.24) is 15.1 Å². The van der Waals surface area contributed by atoms with E-state index < -0.39 is 0 Å². The Bertz CT molecular complexity index is 654. The lowest BCUT2D eigenvalue weighted by Crippen LogP contribution is -2.46. The van der Waals surface area contributed by atoms with Gasteiger partial charge in [-0.25, -0.2) is 0 Å². The zero-order valence-corrected chi connectivity index (χ0v) is 17.1. The predicted molar refractivity (Wildman–Crippen MR) is 112 cm³/mol. The van der Waals surface area contributed by atoms with Gasteiger partial charge >= 0.3 is 0 Å². The van der Waals surface area contributed by atoms with Crippen LogP contribution in [0.1, 0.15) is 37.7 Å². The Morgan fingerprint density at radius 3 is 2.71 bits per heavy atom. The maximum absolute atomic E-state index is 6.28. The van der Waals surface area contributed by atoms with E-state index in [1.54, 1.807) is 0 Å². The molecule has 1 N–H and O–H groups in total. The van der Waals surface area contributed by atoms with Crippen molar-refractivity contribution in [1.29, 1.82) is 0 Å². The molecule has 2 saturated heterocycles. The van der Waals surface area contributed by atoms with Gasteiger partial charge in [0, 0.05) is 51.4 Å². The van der Waals surface area contributed by atoms with Crippen molar-refractivity contribution in [2.75, 3.05) is 46.4 Å². The van der Waals surface area contributed by atoms with Gasteiger partial charge in [0.15, 0.2) is 5.96 Å². The van der Waals surface area contributed by atoms with Gasteiger partial charge in [0.05, 0.1) is 19.3 Å². The van der Waals surface area contributed by atoms with Gasteiger partial charge in [0.25, 0.3) is 0 Å². The van der Waals surface area contributed by atoms with Crippen LogP contribution in [0.4, 0.5) is 0 Å². The van der Waals surface area contributed by atoms with Crippen LogP contribution in [-0.2, 0) is 11.3 Å². The molecule has 2 aliphatic heterocycles. The average Bonchev–Trinajstić information content (AvgIpc) is 3.43. The van der Waals surface area contributed by atoms with E-state index in [9.17, 15) is 0 Å². The van der Waals surface area contributed by atoms with E-state index in [1.165, 1.54) is 37.7 Å². The number of nitrogens with zero attached hydrogens (tertiary/aromatic N) is 3. The predicted octanol–water partition coefficient (Wildman–Crippen LogP) is 2.49. The zero-order valence-electron chi connectivity index (χ0n) is 17.1. The number of para-hydroxylation sites is 1. The van der Waals surface area contributed by atoms with Crippen LogP contribution in [0.5, 0.6) is 5.75 Å². The molecule has 4 rings (SSSR count). The Morgan fingerprint density at radius 2 is 1.93 bits per heavy atom. The van der Waals surface area contributed by atoms with E-state index in [2.05, 4.69) is 44.4 Å². The molecule has 2 heterocycles. The SMILES string of the molecule is CN=C(NCc1ccccc1OC1CCCC1)N1CCC(N2CCOCC2)C1. The molecule has 1 unspecified atom stereocenters. The summed E-state index contributed by atoms with van der Waals surface area (Å²) in [6.45, 7) is 6.67. The summed E-state index contributed by atoms with van der Waals surface area (Å²) in [6, 6.07) is 9.02. The molecule has 6 nitrogen and oxygen atoms in total. The minimum atomic E-state index is 0.383. The van der Waals surface area contributed by atoms with E-state index >= 15 is 0 Å². The lowest BCUT2D eigenvalue weighted by Gasteiger charge is -2.32. The summed E-state index contributed by atoms with van der Waals surface area (Å²) in [5.41, 5.74) is 1.21. The molecule has 0 radical (unpaired) electrons. The third-order valence-corrected chi connectivity index (χ3v) is 6.24. The first-order valence-electron chi connectivity index (χ1n) is 10.9. The van der Waals surface area contributed by atoms with E-state index in [1.807, 2.05) is 7.05 Å². The molecule has 1 saturated carbocycles. The van der Waals surface area contributed by atoms with E-state index in [0.717, 1.165) is 57.6 Å². The summed E-state index contributed by atoms with van der Waals surface area (Å²) in [4.78, 5) is 9.51. The molecule has 1 atom stereocenters. The van der Waals surface area contributed by atoms with E-state index in [4.69, 9.17) is 9.47 Å². The quantitative estimate of drug-likeness (QED) is 0.622. The number of guanidine groups is 1. The Balaban J connectivity index is 1.32. The first-order valence-corrected chi connectivity index (χ1v) is 10.9. The lowest BCUT2D eigenvalue weighted by atomic mass is 10.2. The summed E-state index contributed by atoms with van der Waals surface area (Å²) in [6.07, 6.45) is 6.52. The fourth-order valence-corrected chi connectivity index (χ4v) is 4.63. The van der Waals surface area contributed by atoms with Crippen molar-refractivity contribution in [3.05, 3.63) is 29.8 Å². The van der Waals surface area contributed by atoms with Crippen LogP contribution in [0.15, 0.2) is 29.3 Å². The van der Waals surface area contributed by atoms with Gasteiger partial charge < -0.3 is 19.7 Å². The van der Waals surface area contributed by atoms with Gasteiger partial charge in [-0.15, -0.1) is 0 Å². The first-order chi connectivity index (χ1) is 13.8. The third-order valence-electron chi connectivity index (χ3n) is 6.24. The third kappa shape index (κ3) is 4.78. The van der Waals surface area contributed by atoms with Crippen LogP contribution in [0.2, 0.25) is 0 Å². The highest BCUT2D eigenvalue weighted by atomic mass is 16.5. The van der Waals surface area contributed by atoms with Gasteiger partial charge in [0.2, 0.25) is 0 Å². The number of hydrogen-bond acceptors (Lipinski definition) is 4. The standard InChI is InChI=1S/C22H34N4O2/c1-23-22(26-11-10-19(17-26)25-12-14-27-15-13-25)24-16-18-6-2-5-9-21(18)28-20-7-3-4-8-20/h2,5-6,9,19-20H,3-4,7-8,10-17H2,1H3,(H,23,24). The molecule has 28 heavy (non-hydrogen) atoms. The van der Waals surface area contributed by atoms with Crippen LogP contribution in [-0.4, -0.2) is 74.3 Å². The number of likely N-dealkylation sites (tertiary alicyclic amines) is 1. The molecule has 1 aromatic rings. The van der Waals surface area contributed by atoms with Crippen LogP contribution in [0, 0.1) is 0 Å². The molecular weight excluding hydrogens is 352 g/mol. The average molecular weight is 387 g/mol. The minimum Gasteiger partial charge on any atom is -0.490 e. The summed E-state index contributed by atoms with van der Waals surface area (Å²) >= 11 is 0. The molecular formula is C22H34N4O2. The highest BCUT2D eigenvalue weighted by Gasteiger charge is 2.30. The molecule has 0 amide bonds. The Hall–Kier alpha value is -1.79. The molecule has 154 valence electrons. The molecule has 3 aliphatic rings. The Morgan fingerprint density at radius 1 is 1.14 bits per heavy atom. The number of ether oxygens (including phenoxy) is 2. The maximum atomic E-state index is 6.28. The maximum Gasteiger partial charge on any atom is 0.193 e. The Kier molecular flexibility index (Phi) is 6.70. The number of benzene rings is 1. The fourth-order valence-electron chi connectivity index (χ4n) is 4.63. The molecule has 0 aromatic heterocycles. The fraction of sp³-hybridized carbons (Fsp3) is 0.682. The zero-order chi connectivity index (χ0) is 19.2. The van der Waals surface area contributed by atoms with Crippen molar-refractivity contribution in [3.63, 3.8) is 0 Å². The summed E-state index contributed by atoms with van der Waals surface area (Å²) in [7, 11) is 1.88. The molecule has 1 aromatic carbocycles. The number of rotatable bonds is 5. The van der Waals surface area contributed by atoms with Crippen molar-refractivity contribution in [3.8, 4) is 5.75 Å². The number of nitrogens with one attached hydrogen (secondary N) is 1. The first kappa shape index (κ1) is 19.5. The van der Waals surface area contributed by atoms with Crippen LogP contribution < -0.4 is 10.1 Å². The Labute approximate surface area is 168 Å². The minimum absolute atomic E-state index is 0.383. The van der Waals surface area contributed by atoms with Crippen LogP contribution >= 0.6 is 0 Å². The molecule has 3 fully saturated rings. The summed E-state index contributed by atoms with van der Waals surface area (Å²) in [5, 5.41) is 3.57. The molecule has 6 heteroatoms. The second-order valence-electron chi connectivity index (χ2n) is 8.07. The van der Waals surface area contributed by atoms with Crippen LogP contribution in [0.3, 0.4) is 0 Å². The monoisotopic (exact) mass is 386 g/mol. The number of hydrogen-bond donors (Lipinski definition) is 1. The molecule has 1 aliphatic carbocycles. The normalized spacial score (nSPS) is 24.7. The smallest absolute Gasteiger partial charge is 0.193 e. The van der Waals surface area contributed by atoms with Gasteiger partial charge in [0.1, 0.15) is 5.75 Å². The molecule has 0 bridgehead atoms. The topological polar surface area (TPSA) is 49.3 Å². The summed E-state index contributed by atoms with van der Waals surface area (Å²) < 4.78 is 11.8. The summed E-state index contributed by atoms with van der Waals surface area (Å²) in [5.74, 6) is 2.01. The van der Waals surface area contributed by atoms with Gasteiger partial charge in [-0.3, -0.25) is 9.89 Å². The van der Waals surface area contributed by atoms with Crippen molar-refractivity contribution in [2.45, 2.75) is 50.8 Å². The lowest BCUT2D eigenvalue weighted by molar-refractivity contribution is 0.0195. The van der Waals surface area contributed by atoms with Gasteiger partial charge in [-0.1, -0.05) is 18.2 Å². The van der Waals surface area contributed by atoms with Crippen LogP contribution in [0.25, 0.3) is 0 Å². The largest absolute Gasteiger partial charge is 0.490 e. The van der Waals surface area contributed by atoms with E-state index in [-0.39, 0.29) is 0 Å². The van der Waals surface area contributed by atoms with Crippen molar-refractivity contribution in [2.24, 2.45) is 4.99 Å². The second-order valence-corrected chi connectivity index (χ2v) is 8.07. The van der Waals surface area contributed by atoms with E-state index in [0.29, 0.717) is 12.1 Å². The van der Waals surface area contributed by atoms with Crippen molar-refractivity contribution >= 4 is 5.96 Å². The molecule has 0 spiro atoms. The second kappa shape index (κ2) is 9.61. The van der Waals surface area contributed by atoms with Crippen molar-refractivity contribution < 1.29 is 9.47 Å². The highest BCUT2D eigenvalue weighted by Crippen LogP contribution is 2.26. The van der Waals surface area contributed by atoms with Gasteiger partial charge in [-0.2, -0.15) is 0 Å².